The fourth-order valence-electron chi connectivity index (χ4n) is 4.04. The first-order valence-corrected chi connectivity index (χ1v) is 11.6. The third kappa shape index (κ3) is 3.93. The summed E-state index contributed by atoms with van der Waals surface area (Å²) in [6, 6.07) is 14.7. The Morgan fingerprint density at radius 3 is 2.54 bits per heavy atom. The van der Waals surface area contributed by atoms with Crippen LogP contribution in [0.25, 0.3) is 16.0 Å². The topological polar surface area (TPSA) is 79.7 Å². The van der Waals surface area contributed by atoms with Gasteiger partial charge in [-0.3, -0.25) is 14.5 Å². The van der Waals surface area contributed by atoms with E-state index in [0.717, 1.165) is 16.2 Å². The van der Waals surface area contributed by atoms with E-state index >= 15 is 0 Å². The van der Waals surface area contributed by atoms with Crippen LogP contribution in [0.5, 0.6) is 5.75 Å². The number of Topliss-reactive ketones (excluding diaryl/α,β-unsaturated/α-hetero) is 1. The molecular weight excluding hydrogens is 474 g/mol. The first-order chi connectivity index (χ1) is 16.9. The van der Waals surface area contributed by atoms with Gasteiger partial charge in [0, 0.05) is 11.1 Å². The van der Waals surface area contributed by atoms with Crippen LogP contribution >= 0.6 is 11.3 Å². The number of fused-ring (bicyclic) bond motifs is 1. The number of rotatable bonds is 5. The second kappa shape index (κ2) is 8.92. The van der Waals surface area contributed by atoms with E-state index in [2.05, 4.69) is 4.98 Å². The zero-order chi connectivity index (χ0) is 24.7. The van der Waals surface area contributed by atoms with E-state index in [1.165, 1.54) is 36.4 Å². The number of carbonyl (C=O) groups excluding carboxylic acids is 2. The highest BCUT2D eigenvalue weighted by Gasteiger charge is 2.49. The Morgan fingerprint density at radius 1 is 1.09 bits per heavy atom. The number of ketones is 1. The number of halogens is 2. The molecule has 3 aromatic carbocycles. The molecule has 0 spiro atoms. The third-order valence-electron chi connectivity index (χ3n) is 5.63. The molecule has 35 heavy (non-hydrogen) atoms. The minimum Gasteiger partial charge on any atom is -0.507 e. The van der Waals surface area contributed by atoms with Crippen molar-refractivity contribution < 1.29 is 28.2 Å². The summed E-state index contributed by atoms with van der Waals surface area (Å²) in [6.45, 7) is 2.29. The molecule has 1 aliphatic heterocycles. The molecule has 1 aromatic heterocycles. The normalized spacial score (nSPS) is 17.3. The van der Waals surface area contributed by atoms with Gasteiger partial charge in [0.1, 0.15) is 29.2 Å². The number of aromatic nitrogens is 1. The molecule has 5 rings (SSSR count). The molecule has 4 aromatic rings. The summed E-state index contributed by atoms with van der Waals surface area (Å²) < 4.78 is 34.6. The fraction of sp³-hybridized carbons (Fsp3) is 0.115. The lowest BCUT2D eigenvalue weighted by Crippen LogP contribution is -2.29. The molecule has 0 unspecified atom stereocenters. The van der Waals surface area contributed by atoms with Crippen LogP contribution in [0.1, 0.15) is 24.1 Å². The van der Waals surface area contributed by atoms with Crippen molar-refractivity contribution in [1.29, 1.82) is 0 Å². The van der Waals surface area contributed by atoms with Crippen molar-refractivity contribution in [2.24, 2.45) is 0 Å². The fourth-order valence-corrected chi connectivity index (χ4v) is 5.06. The summed E-state index contributed by atoms with van der Waals surface area (Å²) in [5.74, 6) is -2.96. The molecule has 1 N–H and O–H groups in total. The van der Waals surface area contributed by atoms with Gasteiger partial charge in [-0.05, 0) is 55.5 Å². The molecule has 176 valence electrons. The molecule has 0 saturated carbocycles. The maximum atomic E-state index is 15.0. The van der Waals surface area contributed by atoms with Gasteiger partial charge < -0.3 is 9.84 Å². The molecule has 1 saturated heterocycles. The Balaban J connectivity index is 1.70. The molecule has 1 atom stereocenters. The lowest BCUT2D eigenvalue weighted by Gasteiger charge is -2.23. The Morgan fingerprint density at radius 2 is 1.83 bits per heavy atom. The lowest BCUT2D eigenvalue weighted by atomic mass is 9.95. The zero-order valence-electron chi connectivity index (χ0n) is 18.4. The van der Waals surface area contributed by atoms with Gasteiger partial charge in [0.15, 0.2) is 5.13 Å². The maximum absolute atomic E-state index is 15.0. The number of hydrogen-bond donors (Lipinski definition) is 1. The number of carbonyl (C=O) groups is 2. The Labute approximate surface area is 202 Å². The molecule has 9 heteroatoms. The Kier molecular flexibility index (Phi) is 5.78. The van der Waals surface area contributed by atoms with E-state index in [1.54, 1.807) is 30.3 Å². The highest BCUT2D eigenvalue weighted by atomic mass is 32.1. The van der Waals surface area contributed by atoms with Crippen LogP contribution in [0.4, 0.5) is 13.9 Å². The number of aliphatic hydroxyl groups is 1. The van der Waals surface area contributed by atoms with Gasteiger partial charge in [-0.25, -0.2) is 13.8 Å². The number of amides is 1. The number of nitrogens with zero attached hydrogens (tertiary/aromatic N) is 2. The first kappa shape index (κ1) is 22.7. The SMILES string of the molecule is CCOc1ccc(C(O)=C2C(=O)C(=O)N(c3nc4ccc(F)cc4s3)[C@@H]2c2ccccc2F)cc1. The second-order valence-electron chi connectivity index (χ2n) is 7.76. The average Bonchev–Trinajstić information content (AvgIpc) is 3.37. The van der Waals surface area contributed by atoms with Gasteiger partial charge in [-0.1, -0.05) is 29.5 Å². The molecule has 2 heterocycles. The van der Waals surface area contributed by atoms with Crippen LogP contribution in [0, 0.1) is 11.6 Å². The first-order valence-electron chi connectivity index (χ1n) is 10.7. The van der Waals surface area contributed by atoms with Gasteiger partial charge >= 0.3 is 5.91 Å². The summed E-state index contributed by atoms with van der Waals surface area (Å²) >= 11 is 0.994. The summed E-state index contributed by atoms with van der Waals surface area (Å²) in [5, 5.41) is 11.2. The van der Waals surface area contributed by atoms with E-state index in [-0.39, 0.29) is 21.8 Å². The third-order valence-corrected chi connectivity index (χ3v) is 6.65. The molecule has 0 radical (unpaired) electrons. The van der Waals surface area contributed by atoms with E-state index < -0.39 is 35.1 Å². The van der Waals surface area contributed by atoms with Crippen molar-refractivity contribution in [3.8, 4) is 5.75 Å². The van der Waals surface area contributed by atoms with Crippen molar-refractivity contribution in [2.75, 3.05) is 11.5 Å². The summed E-state index contributed by atoms with van der Waals surface area (Å²) in [4.78, 5) is 31.9. The van der Waals surface area contributed by atoms with Crippen molar-refractivity contribution in [3.05, 3.63) is 95.1 Å². The number of hydrogen-bond acceptors (Lipinski definition) is 6. The minimum absolute atomic E-state index is 0.0182. The molecule has 1 fully saturated rings. The van der Waals surface area contributed by atoms with Gasteiger partial charge in [0.25, 0.3) is 5.78 Å². The standard InChI is InChI=1S/C26H18F2N2O4S/c1-2-34-16-10-7-14(8-11-16)23(31)21-22(17-5-3-4-6-18(17)28)30(25(33)24(21)32)26-29-19-12-9-15(27)13-20(19)35-26/h3-13,22,31H,2H2,1H3/t22-/m1/s1. The number of ether oxygens (including phenoxy) is 1. The van der Waals surface area contributed by atoms with Crippen molar-refractivity contribution in [2.45, 2.75) is 13.0 Å². The van der Waals surface area contributed by atoms with Crippen molar-refractivity contribution >= 4 is 44.1 Å². The van der Waals surface area contributed by atoms with Crippen LogP contribution in [-0.2, 0) is 9.59 Å². The second-order valence-corrected chi connectivity index (χ2v) is 8.77. The zero-order valence-corrected chi connectivity index (χ0v) is 19.2. The van der Waals surface area contributed by atoms with E-state index in [1.807, 2.05) is 6.92 Å². The summed E-state index contributed by atoms with van der Waals surface area (Å²) in [7, 11) is 0. The van der Waals surface area contributed by atoms with E-state index in [9.17, 15) is 23.5 Å². The van der Waals surface area contributed by atoms with Gasteiger partial charge in [-0.15, -0.1) is 0 Å². The number of benzene rings is 3. The molecule has 6 nitrogen and oxygen atoms in total. The molecular formula is C26H18F2N2O4S. The number of anilines is 1. The van der Waals surface area contributed by atoms with Crippen molar-refractivity contribution in [1.82, 2.24) is 4.98 Å². The largest absolute Gasteiger partial charge is 0.507 e. The highest BCUT2D eigenvalue weighted by Crippen LogP contribution is 2.45. The quantitative estimate of drug-likeness (QED) is 0.223. The molecule has 0 aliphatic carbocycles. The Hall–Kier alpha value is -4.11. The smallest absolute Gasteiger partial charge is 0.301 e. The van der Waals surface area contributed by atoms with E-state index in [0.29, 0.717) is 22.6 Å². The van der Waals surface area contributed by atoms with Gasteiger partial charge in [0.2, 0.25) is 0 Å². The van der Waals surface area contributed by atoms with Crippen LogP contribution < -0.4 is 9.64 Å². The van der Waals surface area contributed by atoms with E-state index in [4.69, 9.17) is 4.74 Å². The molecule has 0 bridgehead atoms. The van der Waals surface area contributed by atoms with Crippen LogP contribution in [0.3, 0.4) is 0 Å². The number of thiazole rings is 1. The maximum Gasteiger partial charge on any atom is 0.301 e. The molecule has 1 amide bonds. The predicted octanol–water partition coefficient (Wildman–Crippen LogP) is 5.60. The monoisotopic (exact) mass is 492 g/mol. The van der Waals surface area contributed by atoms with Crippen LogP contribution in [-0.4, -0.2) is 28.4 Å². The van der Waals surface area contributed by atoms with Crippen molar-refractivity contribution in [3.63, 3.8) is 0 Å². The number of aliphatic hydroxyl groups excluding tert-OH is 1. The average molecular weight is 493 g/mol. The predicted molar refractivity (Wildman–Crippen MR) is 128 cm³/mol. The molecule has 1 aliphatic rings. The van der Waals surface area contributed by atoms with Gasteiger partial charge in [-0.2, -0.15) is 0 Å². The van der Waals surface area contributed by atoms with Crippen LogP contribution in [0.15, 0.2) is 72.3 Å². The summed E-state index contributed by atoms with van der Waals surface area (Å²) in [5.41, 5.74) is 0.436. The lowest BCUT2D eigenvalue weighted by molar-refractivity contribution is -0.132. The highest BCUT2D eigenvalue weighted by molar-refractivity contribution is 7.22. The van der Waals surface area contributed by atoms with Gasteiger partial charge in [0.05, 0.1) is 22.4 Å². The Bertz CT molecular complexity index is 1500. The minimum atomic E-state index is -1.27. The van der Waals surface area contributed by atoms with Crippen LogP contribution in [0.2, 0.25) is 0 Å². The summed E-state index contributed by atoms with van der Waals surface area (Å²) in [6.07, 6.45) is 0.